The van der Waals surface area contributed by atoms with Crippen LogP contribution in [-0.4, -0.2) is 24.3 Å². The molecule has 1 aromatic carbocycles. The van der Waals surface area contributed by atoms with Crippen molar-refractivity contribution in [2.24, 2.45) is 0 Å². The van der Waals surface area contributed by atoms with Gasteiger partial charge in [-0.3, -0.25) is 0 Å². The Balaban J connectivity index is 2.31. The molecule has 1 unspecified atom stereocenters. The van der Waals surface area contributed by atoms with Gasteiger partial charge in [0.2, 0.25) is 0 Å². The molecule has 1 atom stereocenters. The molecule has 1 amide bonds. The van der Waals surface area contributed by atoms with Gasteiger partial charge in [-0.2, -0.15) is 0 Å². The summed E-state index contributed by atoms with van der Waals surface area (Å²) >= 11 is 9.34. The van der Waals surface area contributed by atoms with Crippen LogP contribution in [0.1, 0.15) is 33.3 Å². The number of halogens is 2. The van der Waals surface area contributed by atoms with E-state index in [9.17, 15) is 4.79 Å². The highest BCUT2D eigenvalue weighted by Crippen LogP contribution is 2.23. The van der Waals surface area contributed by atoms with Crippen LogP contribution in [0.4, 0.5) is 4.79 Å². The standard InChI is InChI=1S/C15H22BrClN2O2/c1-10(19-14(20)21-15(2,3)4)8-18-9-11-5-6-13(17)12(16)7-11/h5-7,10,18H,8-9H2,1-4H3,(H,19,20). The van der Waals surface area contributed by atoms with Crippen LogP contribution < -0.4 is 10.6 Å². The fraction of sp³-hybridized carbons (Fsp3) is 0.533. The zero-order valence-corrected chi connectivity index (χ0v) is 15.1. The Bertz CT molecular complexity index is 489. The van der Waals surface area contributed by atoms with Crippen molar-refractivity contribution in [3.8, 4) is 0 Å². The molecule has 0 aliphatic heterocycles. The summed E-state index contributed by atoms with van der Waals surface area (Å²) in [7, 11) is 0. The molecule has 2 N–H and O–H groups in total. The maximum Gasteiger partial charge on any atom is 0.407 e. The van der Waals surface area contributed by atoms with Crippen LogP contribution in [0.15, 0.2) is 22.7 Å². The molecule has 0 saturated carbocycles. The smallest absolute Gasteiger partial charge is 0.407 e. The van der Waals surface area contributed by atoms with Gasteiger partial charge in [0, 0.05) is 23.6 Å². The van der Waals surface area contributed by atoms with Gasteiger partial charge in [0.25, 0.3) is 0 Å². The Morgan fingerprint density at radius 1 is 1.43 bits per heavy atom. The number of benzene rings is 1. The molecule has 0 aliphatic carbocycles. The van der Waals surface area contributed by atoms with Crippen LogP contribution in [0.25, 0.3) is 0 Å². The lowest BCUT2D eigenvalue weighted by molar-refractivity contribution is 0.0508. The summed E-state index contributed by atoms with van der Waals surface area (Å²) in [6, 6.07) is 5.77. The van der Waals surface area contributed by atoms with E-state index in [-0.39, 0.29) is 6.04 Å². The molecule has 21 heavy (non-hydrogen) atoms. The predicted molar refractivity (Wildman–Crippen MR) is 89.7 cm³/mol. The van der Waals surface area contributed by atoms with E-state index in [1.807, 2.05) is 45.9 Å². The molecule has 6 heteroatoms. The Labute approximate surface area is 139 Å². The fourth-order valence-electron chi connectivity index (χ4n) is 1.64. The number of carbonyl (C=O) groups is 1. The first-order valence-electron chi connectivity index (χ1n) is 6.81. The molecular weight excluding hydrogens is 356 g/mol. The van der Waals surface area contributed by atoms with Gasteiger partial charge in [0.05, 0.1) is 5.02 Å². The molecule has 0 aromatic heterocycles. The van der Waals surface area contributed by atoms with Gasteiger partial charge >= 0.3 is 6.09 Å². The zero-order chi connectivity index (χ0) is 16.0. The maximum absolute atomic E-state index is 11.6. The topological polar surface area (TPSA) is 50.4 Å². The van der Waals surface area contributed by atoms with Crippen molar-refractivity contribution in [2.75, 3.05) is 6.54 Å². The molecular formula is C15H22BrClN2O2. The Morgan fingerprint density at radius 3 is 2.67 bits per heavy atom. The third kappa shape index (κ3) is 7.69. The van der Waals surface area contributed by atoms with Crippen molar-refractivity contribution >= 4 is 33.6 Å². The van der Waals surface area contributed by atoms with Gasteiger partial charge in [-0.1, -0.05) is 17.7 Å². The molecule has 118 valence electrons. The summed E-state index contributed by atoms with van der Waals surface area (Å²) in [5.41, 5.74) is 0.642. The second-order valence-electron chi connectivity index (χ2n) is 5.93. The van der Waals surface area contributed by atoms with Crippen molar-refractivity contribution in [3.05, 3.63) is 33.3 Å². The second kappa shape index (κ2) is 8.01. The lowest BCUT2D eigenvalue weighted by Crippen LogP contribution is -2.42. The third-order valence-corrected chi connectivity index (χ3v) is 3.74. The van der Waals surface area contributed by atoms with Crippen LogP contribution in [0, 0.1) is 0 Å². The lowest BCUT2D eigenvalue weighted by atomic mass is 10.2. The fourth-order valence-corrected chi connectivity index (χ4v) is 2.19. The maximum atomic E-state index is 11.6. The van der Waals surface area contributed by atoms with E-state index in [4.69, 9.17) is 16.3 Å². The van der Waals surface area contributed by atoms with Gasteiger partial charge in [-0.05, 0) is 61.3 Å². The van der Waals surface area contributed by atoms with E-state index >= 15 is 0 Å². The van der Waals surface area contributed by atoms with Gasteiger partial charge < -0.3 is 15.4 Å². The SMILES string of the molecule is CC(CNCc1ccc(Cl)c(Br)c1)NC(=O)OC(C)(C)C. The molecule has 1 aromatic rings. The van der Waals surface area contributed by atoms with E-state index in [2.05, 4.69) is 26.6 Å². The van der Waals surface area contributed by atoms with Crippen LogP contribution >= 0.6 is 27.5 Å². The van der Waals surface area contributed by atoms with E-state index in [1.54, 1.807) is 0 Å². The average molecular weight is 378 g/mol. The minimum absolute atomic E-state index is 0.0180. The molecule has 0 saturated heterocycles. The minimum atomic E-state index is -0.479. The van der Waals surface area contributed by atoms with E-state index in [0.29, 0.717) is 18.1 Å². The number of alkyl carbamates (subject to hydrolysis) is 1. The molecule has 0 fully saturated rings. The van der Waals surface area contributed by atoms with Crippen LogP contribution in [0.5, 0.6) is 0 Å². The first-order chi connectivity index (χ1) is 9.67. The molecule has 0 aliphatic rings. The largest absolute Gasteiger partial charge is 0.444 e. The molecule has 1 rings (SSSR count). The summed E-state index contributed by atoms with van der Waals surface area (Å²) in [5.74, 6) is 0. The molecule has 0 bridgehead atoms. The lowest BCUT2D eigenvalue weighted by Gasteiger charge is -2.22. The third-order valence-electron chi connectivity index (χ3n) is 2.53. The molecule has 0 spiro atoms. The highest BCUT2D eigenvalue weighted by atomic mass is 79.9. The number of carbonyl (C=O) groups excluding carboxylic acids is 1. The van der Waals surface area contributed by atoms with Crippen LogP contribution in [0.3, 0.4) is 0 Å². The minimum Gasteiger partial charge on any atom is -0.444 e. The average Bonchev–Trinajstić information content (AvgIpc) is 2.31. The van der Waals surface area contributed by atoms with Crippen LogP contribution in [0.2, 0.25) is 5.02 Å². The summed E-state index contributed by atoms with van der Waals surface area (Å²) in [4.78, 5) is 11.6. The summed E-state index contributed by atoms with van der Waals surface area (Å²) in [6.45, 7) is 8.81. The summed E-state index contributed by atoms with van der Waals surface area (Å²) in [6.07, 6.45) is -0.397. The van der Waals surface area contributed by atoms with Gasteiger partial charge in [-0.15, -0.1) is 0 Å². The quantitative estimate of drug-likeness (QED) is 0.812. The normalized spacial score (nSPS) is 12.9. The van der Waals surface area contributed by atoms with Crippen LogP contribution in [-0.2, 0) is 11.3 Å². The van der Waals surface area contributed by atoms with Gasteiger partial charge in [0.15, 0.2) is 0 Å². The number of rotatable bonds is 5. The van der Waals surface area contributed by atoms with Crippen molar-refractivity contribution in [1.29, 1.82) is 0 Å². The predicted octanol–water partition coefficient (Wildman–Crippen LogP) is 4.11. The van der Waals surface area contributed by atoms with Crippen molar-refractivity contribution < 1.29 is 9.53 Å². The first-order valence-corrected chi connectivity index (χ1v) is 7.98. The number of hydrogen-bond donors (Lipinski definition) is 2. The molecule has 4 nitrogen and oxygen atoms in total. The monoisotopic (exact) mass is 376 g/mol. The number of ether oxygens (including phenoxy) is 1. The van der Waals surface area contributed by atoms with Crippen molar-refractivity contribution in [1.82, 2.24) is 10.6 Å². The van der Waals surface area contributed by atoms with E-state index < -0.39 is 11.7 Å². The highest BCUT2D eigenvalue weighted by molar-refractivity contribution is 9.10. The van der Waals surface area contributed by atoms with Crippen molar-refractivity contribution in [3.63, 3.8) is 0 Å². The molecule has 0 heterocycles. The summed E-state index contributed by atoms with van der Waals surface area (Å²) in [5, 5.41) is 6.76. The number of nitrogens with one attached hydrogen (secondary N) is 2. The van der Waals surface area contributed by atoms with Crippen molar-refractivity contribution in [2.45, 2.75) is 45.9 Å². The second-order valence-corrected chi connectivity index (χ2v) is 7.19. The van der Waals surface area contributed by atoms with E-state index in [1.165, 1.54) is 0 Å². The number of amides is 1. The Kier molecular flexibility index (Phi) is 6.97. The van der Waals surface area contributed by atoms with Gasteiger partial charge in [0.1, 0.15) is 5.60 Å². The van der Waals surface area contributed by atoms with Gasteiger partial charge in [-0.25, -0.2) is 4.79 Å². The number of hydrogen-bond acceptors (Lipinski definition) is 3. The summed E-state index contributed by atoms with van der Waals surface area (Å²) < 4.78 is 6.08. The molecule has 0 radical (unpaired) electrons. The first kappa shape index (κ1) is 18.3. The van der Waals surface area contributed by atoms with E-state index in [0.717, 1.165) is 10.0 Å². The zero-order valence-electron chi connectivity index (χ0n) is 12.8. The highest BCUT2D eigenvalue weighted by Gasteiger charge is 2.17. The Hall–Kier alpha value is -0.780. The Morgan fingerprint density at radius 2 is 2.10 bits per heavy atom.